The number of amides is 3. The van der Waals surface area contributed by atoms with Gasteiger partial charge in [-0.3, -0.25) is 0 Å². The number of carbonyl (C=O) groups is 3. The van der Waals surface area contributed by atoms with Crippen LogP contribution in [0.5, 0.6) is 0 Å². The molecule has 0 radical (unpaired) electrons. The number of hydrogen-bond donors (Lipinski definition) is 0. The molecule has 232 valence electrons. The Bertz CT molecular complexity index is 1220. The minimum atomic E-state index is -1.03. The first kappa shape index (κ1) is 34.8. The van der Waals surface area contributed by atoms with Gasteiger partial charge >= 0.3 is 18.3 Å². The van der Waals surface area contributed by atoms with E-state index in [1.165, 1.54) is 12.2 Å². The maximum atomic E-state index is 14.1. The number of ether oxygens (including phenoxy) is 3. The van der Waals surface area contributed by atoms with Crippen LogP contribution in [-0.2, 0) is 14.2 Å². The van der Waals surface area contributed by atoms with Gasteiger partial charge in [0.1, 0.15) is 16.8 Å². The van der Waals surface area contributed by atoms with E-state index in [-0.39, 0.29) is 5.96 Å². The fraction of sp³-hybridized carbons (Fsp3) is 0.412. The summed E-state index contributed by atoms with van der Waals surface area (Å²) < 4.78 is 17.2. The van der Waals surface area contributed by atoms with Gasteiger partial charge in [-0.2, -0.15) is 0 Å². The second kappa shape index (κ2) is 14.2. The fourth-order valence-corrected chi connectivity index (χ4v) is 3.93. The first-order valence-corrected chi connectivity index (χ1v) is 14.1. The molecule has 0 fully saturated rings. The summed E-state index contributed by atoms with van der Waals surface area (Å²) in [5, 5.41) is 0. The highest BCUT2D eigenvalue weighted by molar-refractivity contribution is 6.06. The molecular formula is C34H45N3O6. The third-order valence-electron chi connectivity index (χ3n) is 5.48. The van der Waals surface area contributed by atoms with Crippen molar-refractivity contribution in [3.05, 3.63) is 97.1 Å². The van der Waals surface area contributed by atoms with E-state index in [4.69, 9.17) is 14.2 Å². The molecule has 2 aromatic rings. The van der Waals surface area contributed by atoms with Crippen LogP contribution in [0, 0.1) is 0 Å². The van der Waals surface area contributed by atoms with Gasteiger partial charge < -0.3 is 14.2 Å². The zero-order chi connectivity index (χ0) is 32.6. The quantitative estimate of drug-likeness (QED) is 0.144. The lowest BCUT2D eigenvalue weighted by molar-refractivity contribution is 0.0224. The molecule has 0 bridgehead atoms. The van der Waals surface area contributed by atoms with E-state index in [0.29, 0.717) is 11.1 Å². The number of hydrogen-bond acceptors (Lipinski definition) is 6. The van der Waals surface area contributed by atoms with Gasteiger partial charge in [-0.25, -0.2) is 24.2 Å². The summed E-state index contributed by atoms with van der Waals surface area (Å²) in [6.45, 7) is 23.3. The van der Waals surface area contributed by atoms with Gasteiger partial charge in [0.05, 0.1) is 12.1 Å². The molecule has 2 rings (SSSR count). The molecular weight excluding hydrogens is 546 g/mol. The van der Waals surface area contributed by atoms with Crippen molar-refractivity contribution < 1.29 is 28.6 Å². The molecule has 0 saturated carbocycles. The fourth-order valence-electron chi connectivity index (χ4n) is 3.93. The zero-order valence-electron chi connectivity index (χ0n) is 26.8. The molecule has 0 unspecified atom stereocenters. The van der Waals surface area contributed by atoms with Crippen molar-refractivity contribution >= 4 is 24.2 Å². The first-order valence-electron chi connectivity index (χ1n) is 14.1. The number of guanidine groups is 1. The monoisotopic (exact) mass is 591 g/mol. The van der Waals surface area contributed by atoms with Gasteiger partial charge in [-0.1, -0.05) is 72.8 Å². The number of nitrogens with zero attached hydrogens (tertiary/aromatic N) is 3. The van der Waals surface area contributed by atoms with Crippen LogP contribution in [-0.4, -0.2) is 50.8 Å². The van der Waals surface area contributed by atoms with E-state index in [9.17, 15) is 14.4 Å². The number of rotatable bonds is 6. The zero-order valence-corrected chi connectivity index (χ0v) is 26.8. The Labute approximate surface area is 255 Å². The summed E-state index contributed by atoms with van der Waals surface area (Å²) in [7, 11) is 0. The third-order valence-corrected chi connectivity index (χ3v) is 5.48. The van der Waals surface area contributed by atoms with Gasteiger partial charge in [0, 0.05) is 0 Å². The van der Waals surface area contributed by atoms with Crippen LogP contribution in [0.2, 0.25) is 0 Å². The van der Waals surface area contributed by atoms with Crippen LogP contribution >= 0.6 is 0 Å². The minimum Gasteiger partial charge on any atom is -0.443 e. The largest absolute Gasteiger partial charge is 0.443 e. The smallest absolute Gasteiger partial charge is 0.437 e. The maximum absolute atomic E-state index is 14.1. The Morgan fingerprint density at radius 3 is 1.23 bits per heavy atom. The number of aliphatic imine (C=N–C) groups is 1. The van der Waals surface area contributed by atoms with Gasteiger partial charge in [-0.05, 0) is 73.4 Å². The summed E-state index contributed by atoms with van der Waals surface area (Å²) >= 11 is 0. The number of carbonyl (C=O) groups excluding carboxylic acids is 3. The van der Waals surface area contributed by atoms with E-state index in [2.05, 4.69) is 18.2 Å². The molecule has 0 heterocycles. The first-order chi connectivity index (χ1) is 19.9. The summed E-state index contributed by atoms with van der Waals surface area (Å²) in [5.41, 5.74) is -1.56. The van der Waals surface area contributed by atoms with Gasteiger partial charge in [0.15, 0.2) is 0 Å². The summed E-state index contributed by atoms with van der Waals surface area (Å²) in [4.78, 5) is 48.1. The highest BCUT2D eigenvalue weighted by Crippen LogP contribution is 2.32. The molecule has 0 saturated heterocycles. The van der Waals surface area contributed by atoms with E-state index in [0.717, 1.165) is 9.80 Å². The summed E-state index contributed by atoms with van der Waals surface area (Å²) in [6.07, 6.45) is 0.211. The number of benzene rings is 2. The van der Waals surface area contributed by atoms with E-state index in [1.807, 2.05) is 12.1 Å². The van der Waals surface area contributed by atoms with Crippen LogP contribution in [0.3, 0.4) is 0 Å². The standard InChI is InChI=1S/C34H45N3O6/c1-12-26(24-20-16-14-17-21-24)36(30(39)42-33(6,7)8)28(35-29(38)41-32(3,4)5)37(31(40)43-34(9,10)11)27(13-2)25-22-18-15-19-23-25/h12-23,26-27H,1-2H2,3-11H3/t26-,27-/m0/s1. The molecule has 43 heavy (non-hydrogen) atoms. The topological polar surface area (TPSA) is 97.7 Å². The molecule has 2 aromatic carbocycles. The van der Waals surface area contributed by atoms with Crippen LogP contribution < -0.4 is 0 Å². The minimum absolute atomic E-state index is 0.389. The van der Waals surface area contributed by atoms with Crippen LogP contribution in [0.15, 0.2) is 91.0 Å². The van der Waals surface area contributed by atoms with Gasteiger partial charge in [0.25, 0.3) is 0 Å². The van der Waals surface area contributed by atoms with Gasteiger partial charge in [0.2, 0.25) is 5.96 Å². The Balaban J connectivity index is 3.02. The second-order valence-electron chi connectivity index (χ2n) is 12.8. The van der Waals surface area contributed by atoms with Crippen molar-refractivity contribution in [3.63, 3.8) is 0 Å². The lowest BCUT2D eigenvalue weighted by Crippen LogP contribution is -2.54. The molecule has 9 heteroatoms. The molecule has 2 atom stereocenters. The molecule has 3 amide bonds. The predicted molar refractivity (Wildman–Crippen MR) is 169 cm³/mol. The molecule has 0 aromatic heterocycles. The van der Waals surface area contributed by atoms with E-state index < -0.39 is 47.2 Å². The van der Waals surface area contributed by atoms with Crippen molar-refractivity contribution in [2.75, 3.05) is 0 Å². The lowest BCUT2D eigenvalue weighted by Gasteiger charge is -2.39. The van der Waals surface area contributed by atoms with Crippen LogP contribution in [0.4, 0.5) is 14.4 Å². The van der Waals surface area contributed by atoms with E-state index in [1.54, 1.807) is 111 Å². The van der Waals surface area contributed by atoms with Crippen molar-refractivity contribution in [2.24, 2.45) is 4.99 Å². The van der Waals surface area contributed by atoms with Crippen molar-refractivity contribution in [1.82, 2.24) is 9.80 Å². The maximum Gasteiger partial charge on any atom is 0.437 e. The average Bonchev–Trinajstić information content (AvgIpc) is 2.87. The highest BCUT2D eigenvalue weighted by atomic mass is 16.6. The summed E-state index contributed by atoms with van der Waals surface area (Å²) in [5.74, 6) is -0.389. The molecule has 0 aliphatic rings. The second-order valence-corrected chi connectivity index (χ2v) is 12.8. The SMILES string of the molecule is C=C[C@@H](c1ccccc1)N(C(=O)OC(C)(C)C)C(=NC(=O)OC(C)(C)C)N(C(=O)OC(C)(C)C)[C@@H](C=C)c1ccccc1. The summed E-state index contributed by atoms with van der Waals surface area (Å²) in [6, 6.07) is 16.1. The third kappa shape index (κ3) is 10.7. The Morgan fingerprint density at radius 2 is 0.953 bits per heavy atom. The molecule has 0 aliphatic carbocycles. The van der Waals surface area contributed by atoms with Crippen molar-refractivity contribution in [3.8, 4) is 0 Å². The van der Waals surface area contributed by atoms with Crippen molar-refractivity contribution in [1.29, 1.82) is 0 Å². The average molecular weight is 592 g/mol. The predicted octanol–water partition coefficient (Wildman–Crippen LogP) is 8.61. The lowest BCUT2D eigenvalue weighted by atomic mass is 10.0. The Morgan fingerprint density at radius 1 is 0.628 bits per heavy atom. The Kier molecular flexibility index (Phi) is 11.5. The van der Waals surface area contributed by atoms with E-state index >= 15 is 0 Å². The normalized spacial score (nSPS) is 13.0. The van der Waals surface area contributed by atoms with Crippen molar-refractivity contribution in [2.45, 2.75) is 91.2 Å². The molecule has 0 aliphatic heterocycles. The van der Waals surface area contributed by atoms with Crippen LogP contribution in [0.25, 0.3) is 0 Å². The Hall–Kier alpha value is -4.40. The van der Waals surface area contributed by atoms with Crippen LogP contribution in [0.1, 0.15) is 85.5 Å². The molecule has 9 nitrogen and oxygen atoms in total. The highest BCUT2D eigenvalue weighted by Gasteiger charge is 2.42. The molecule has 0 spiro atoms. The van der Waals surface area contributed by atoms with Gasteiger partial charge in [-0.15, -0.1) is 18.2 Å². The molecule has 0 N–H and O–H groups in total.